The highest BCUT2D eigenvalue weighted by molar-refractivity contribution is 7.89. The number of aryl methyl sites for hydroxylation is 1. The molecule has 0 spiro atoms. The molecule has 0 bridgehead atoms. The number of carboxylic acid groups (broad SMARTS) is 1. The van der Waals surface area contributed by atoms with E-state index in [4.69, 9.17) is 0 Å². The van der Waals surface area contributed by atoms with Gasteiger partial charge < -0.3 is 15.3 Å². The highest BCUT2D eigenvalue weighted by Gasteiger charge is 2.46. The number of amides is 2. The lowest BCUT2D eigenvalue weighted by molar-refractivity contribution is -0.142. The van der Waals surface area contributed by atoms with Crippen molar-refractivity contribution in [2.24, 2.45) is 0 Å². The minimum Gasteiger partial charge on any atom is -0.481 e. The molecule has 210 valence electrons. The standard InChI is InChI=1S/C28H27F2N3O6S/c29-21-9-7-20(8-10-21)24(18-26(35)36)31-27(37)28-32(25(34)15-6-19-4-2-1-3-5-19)16-17-33(28)40(38,39)23-13-11-22(30)12-14-23/h1-5,7-14,24,28H,6,15-18H2,(H,31,37)(H,35,36). The summed E-state index contributed by atoms with van der Waals surface area (Å²) < 4.78 is 54.9. The number of halogens is 2. The Morgan fingerprint density at radius 3 is 2.10 bits per heavy atom. The van der Waals surface area contributed by atoms with Crippen molar-refractivity contribution in [3.05, 3.63) is 102 Å². The Bertz CT molecular complexity index is 1470. The summed E-state index contributed by atoms with van der Waals surface area (Å²) in [7, 11) is -4.37. The van der Waals surface area contributed by atoms with Gasteiger partial charge in [-0.25, -0.2) is 17.2 Å². The predicted molar refractivity (Wildman–Crippen MR) is 140 cm³/mol. The molecule has 0 saturated carbocycles. The van der Waals surface area contributed by atoms with E-state index in [9.17, 15) is 36.7 Å². The van der Waals surface area contributed by atoms with Gasteiger partial charge in [0.1, 0.15) is 11.6 Å². The summed E-state index contributed by atoms with van der Waals surface area (Å²) >= 11 is 0. The maximum atomic E-state index is 13.7. The number of nitrogens with one attached hydrogen (secondary N) is 1. The van der Waals surface area contributed by atoms with Crippen LogP contribution in [0.25, 0.3) is 0 Å². The molecule has 0 aromatic heterocycles. The van der Waals surface area contributed by atoms with Crippen LogP contribution >= 0.6 is 0 Å². The molecular formula is C28H27F2N3O6S. The van der Waals surface area contributed by atoms with Crippen LogP contribution in [-0.2, 0) is 30.8 Å². The molecule has 3 aromatic carbocycles. The largest absolute Gasteiger partial charge is 0.481 e. The molecule has 1 heterocycles. The Balaban J connectivity index is 1.65. The van der Waals surface area contributed by atoms with Crippen molar-refractivity contribution in [1.29, 1.82) is 0 Å². The van der Waals surface area contributed by atoms with Crippen LogP contribution in [0.15, 0.2) is 83.8 Å². The second kappa shape index (κ2) is 12.3. The number of rotatable bonds is 10. The van der Waals surface area contributed by atoms with Crippen molar-refractivity contribution in [3.8, 4) is 0 Å². The van der Waals surface area contributed by atoms with Crippen LogP contribution in [-0.4, -0.2) is 59.8 Å². The molecular weight excluding hydrogens is 544 g/mol. The first-order valence-corrected chi connectivity index (χ1v) is 13.9. The molecule has 2 atom stereocenters. The van der Waals surface area contributed by atoms with Crippen molar-refractivity contribution in [1.82, 2.24) is 14.5 Å². The van der Waals surface area contributed by atoms with Gasteiger partial charge in [-0.15, -0.1) is 0 Å². The summed E-state index contributed by atoms with van der Waals surface area (Å²) in [6, 6.07) is 16.9. The molecule has 1 fully saturated rings. The van der Waals surface area contributed by atoms with E-state index in [0.717, 1.165) is 51.2 Å². The van der Waals surface area contributed by atoms with Crippen molar-refractivity contribution in [2.75, 3.05) is 13.1 Å². The summed E-state index contributed by atoms with van der Waals surface area (Å²) in [4.78, 5) is 39.4. The molecule has 2 amide bonds. The Kier molecular flexibility index (Phi) is 8.90. The number of carbonyl (C=O) groups is 3. The van der Waals surface area contributed by atoms with E-state index in [2.05, 4.69) is 5.32 Å². The number of carboxylic acids is 1. The predicted octanol–water partition coefficient (Wildman–Crippen LogP) is 3.09. The number of hydrogen-bond donors (Lipinski definition) is 2. The van der Waals surface area contributed by atoms with E-state index >= 15 is 0 Å². The van der Waals surface area contributed by atoms with E-state index in [0.29, 0.717) is 6.42 Å². The summed E-state index contributed by atoms with van der Waals surface area (Å²) in [5.74, 6) is -3.87. The average Bonchev–Trinajstić information content (AvgIpc) is 3.39. The second-order valence-electron chi connectivity index (χ2n) is 9.23. The van der Waals surface area contributed by atoms with Crippen molar-refractivity contribution >= 4 is 27.8 Å². The number of benzene rings is 3. The number of sulfonamides is 1. The van der Waals surface area contributed by atoms with Crippen LogP contribution in [0.3, 0.4) is 0 Å². The zero-order valence-electron chi connectivity index (χ0n) is 21.2. The maximum absolute atomic E-state index is 13.7. The zero-order valence-corrected chi connectivity index (χ0v) is 22.1. The summed E-state index contributed by atoms with van der Waals surface area (Å²) in [6.07, 6.45) is -1.85. The Morgan fingerprint density at radius 2 is 1.50 bits per heavy atom. The van der Waals surface area contributed by atoms with Crippen molar-refractivity contribution in [3.63, 3.8) is 0 Å². The number of nitrogens with zero attached hydrogens (tertiary/aromatic N) is 2. The number of hydrogen-bond acceptors (Lipinski definition) is 5. The van der Waals surface area contributed by atoms with E-state index in [1.54, 1.807) is 0 Å². The first kappa shape index (κ1) is 28.8. The fourth-order valence-electron chi connectivity index (χ4n) is 4.54. The maximum Gasteiger partial charge on any atom is 0.305 e. The van der Waals surface area contributed by atoms with Gasteiger partial charge in [-0.05, 0) is 53.9 Å². The minimum atomic E-state index is -4.37. The molecule has 12 heteroatoms. The Hall–Kier alpha value is -4.16. The van der Waals surface area contributed by atoms with Gasteiger partial charge in [-0.3, -0.25) is 14.4 Å². The lowest BCUT2D eigenvalue weighted by Crippen LogP contribution is -2.54. The monoisotopic (exact) mass is 571 g/mol. The third-order valence-electron chi connectivity index (χ3n) is 6.54. The molecule has 1 aliphatic rings. The minimum absolute atomic E-state index is 0.00521. The Labute approximate surface area is 230 Å². The van der Waals surface area contributed by atoms with Crippen LogP contribution in [0.2, 0.25) is 0 Å². The van der Waals surface area contributed by atoms with Gasteiger partial charge in [0, 0.05) is 19.5 Å². The van der Waals surface area contributed by atoms with Gasteiger partial charge in [0.2, 0.25) is 15.9 Å². The first-order valence-electron chi connectivity index (χ1n) is 12.4. The van der Waals surface area contributed by atoms with Crippen LogP contribution in [0.5, 0.6) is 0 Å². The molecule has 9 nitrogen and oxygen atoms in total. The summed E-state index contributed by atoms with van der Waals surface area (Å²) in [6.45, 7) is -0.304. The van der Waals surface area contributed by atoms with E-state index in [1.165, 1.54) is 12.1 Å². The first-order chi connectivity index (χ1) is 19.1. The topological polar surface area (TPSA) is 124 Å². The van der Waals surface area contributed by atoms with E-state index < -0.39 is 58.1 Å². The highest BCUT2D eigenvalue weighted by atomic mass is 32.2. The van der Waals surface area contributed by atoms with Crippen molar-refractivity contribution in [2.45, 2.75) is 36.4 Å². The van der Waals surface area contributed by atoms with Gasteiger partial charge in [0.15, 0.2) is 6.17 Å². The van der Waals surface area contributed by atoms with Gasteiger partial charge in [-0.2, -0.15) is 4.31 Å². The summed E-state index contributed by atoms with van der Waals surface area (Å²) in [5, 5.41) is 12.0. The number of aliphatic carboxylic acids is 1. The van der Waals surface area contributed by atoms with Crippen LogP contribution in [0.1, 0.15) is 30.0 Å². The van der Waals surface area contributed by atoms with Gasteiger partial charge in [0.25, 0.3) is 5.91 Å². The smallest absolute Gasteiger partial charge is 0.305 e. The van der Waals surface area contributed by atoms with Crippen molar-refractivity contribution < 1.29 is 36.7 Å². The molecule has 1 aliphatic heterocycles. The molecule has 4 rings (SSSR count). The molecule has 1 saturated heterocycles. The molecule has 0 aliphatic carbocycles. The average molecular weight is 572 g/mol. The van der Waals surface area contributed by atoms with Crippen LogP contribution < -0.4 is 5.32 Å². The Morgan fingerprint density at radius 1 is 0.900 bits per heavy atom. The van der Waals surface area contributed by atoms with Gasteiger partial charge in [0.05, 0.1) is 17.4 Å². The highest BCUT2D eigenvalue weighted by Crippen LogP contribution is 2.27. The molecule has 3 aromatic rings. The summed E-state index contributed by atoms with van der Waals surface area (Å²) in [5.41, 5.74) is 1.16. The fourth-order valence-corrected chi connectivity index (χ4v) is 6.09. The fraction of sp³-hybridized carbons (Fsp3) is 0.250. The van der Waals surface area contributed by atoms with Gasteiger partial charge >= 0.3 is 5.97 Å². The lowest BCUT2D eigenvalue weighted by atomic mass is 10.0. The van der Waals surface area contributed by atoms with Gasteiger partial charge in [-0.1, -0.05) is 42.5 Å². The SMILES string of the molecule is O=C(O)CC(NC(=O)C1N(C(=O)CCc2ccccc2)CCN1S(=O)(=O)c1ccc(F)cc1)c1ccc(F)cc1. The quantitative estimate of drug-likeness (QED) is 0.386. The molecule has 40 heavy (non-hydrogen) atoms. The lowest BCUT2D eigenvalue weighted by Gasteiger charge is -2.30. The van der Waals surface area contributed by atoms with Crippen LogP contribution in [0.4, 0.5) is 8.78 Å². The third kappa shape index (κ3) is 6.69. The normalized spacial score (nSPS) is 16.4. The van der Waals surface area contributed by atoms with Crippen LogP contribution in [0, 0.1) is 11.6 Å². The number of carbonyl (C=O) groups excluding carboxylic acids is 2. The molecule has 0 radical (unpaired) electrons. The van der Waals surface area contributed by atoms with E-state index in [-0.39, 0.29) is 30.0 Å². The molecule has 2 N–H and O–H groups in total. The molecule has 2 unspecified atom stereocenters. The van der Waals surface area contributed by atoms with E-state index in [1.807, 2.05) is 30.3 Å². The zero-order chi connectivity index (χ0) is 28.9. The third-order valence-corrected chi connectivity index (χ3v) is 8.41. The second-order valence-corrected chi connectivity index (χ2v) is 11.1.